The van der Waals surface area contributed by atoms with Crippen LogP contribution in [0.2, 0.25) is 0 Å². The SMILES string of the molecule is CC(=O)Nc1c(CN)ccc(F)c1C(C)=O. The Morgan fingerprint density at radius 1 is 1.38 bits per heavy atom. The first-order valence-corrected chi connectivity index (χ1v) is 4.77. The number of ketones is 1. The molecule has 1 aromatic rings. The number of hydrogen-bond acceptors (Lipinski definition) is 3. The predicted molar refractivity (Wildman–Crippen MR) is 58.6 cm³/mol. The molecular formula is C11H13FN2O2. The molecule has 1 aromatic carbocycles. The van der Waals surface area contributed by atoms with Gasteiger partial charge in [-0.3, -0.25) is 9.59 Å². The number of Topliss-reactive ketones (excluding diaryl/α,β-unsaturated/α-hetero) is 1. The monoisotopic (exact) mass is 224 g/mol. The molecule has 0 aromatic heterocycles. The summed E-state index contributed by atoms with van der Waals surface area (Å²) in [5, 5.41) is 2.44. The number of rotatable bonds is 3. The van der Waals surface area contributed by atoms with Crippen molar-refractivity contribution in [2.24, 2.45) is 5.73 Å². The van der Waals surface area contributed by atoms with Gasteiger partial charge < -0.3 is 11.1 Å². The molecule has 3 N–H and O–H groups in total. The van der Waals surface area contributed by atoms with Gasteiger partial charge in [-0.15, -0.1) is 0 Å². The number of anilines is 1. The highest BCUT2D eigenvalue weighted by Gasteiger charge is 2.17. The van der Waals surface area contributed by atoms with Gasteiger partial charge in [0.2, 0.25) is 5.91 Å². The summed E-state index contributed by atoms with van der Waals surface area (Å²) in [6, 6.07) is 2.62. The maximum absolute atomic E-state index is 13.5. The fourth-order valence-electron chi connectivity index (χ4n) is 1.45. The normalized spacial score (nSPS) is 10.0. The molecular weight excluding hydrogens is 211 g/mol. The van der Waals surface area contributed by atoms with Crippen LogP contribution in [0.15, 0.2) is 12.1 Å². The zero-order chi connectivity index (χ0) is 12.3. The third kappa shape index (κ3) is 2.43. The van der Waals surface area contributed by atoms with Crippen molar-refractivity contribution in [2.75, 3.05) is 5.32 Å². The Morgan fingerprint density at radius 3 is 2.44 bits per heavy atom. The summed E-state index contributed by atoms with van der Waals surface area (Å²) < 4.78 is 13.5. The minimum Gasteiger partial charge on any atom is -0.326 e. The lowest BCUT2D eigenvalue weighted by molar-refractivity contribution is -0.114. The Hall–Kier alpha value is -1.75. The minimum atomic E-state index is -0.659. The first kappa shape index (κ1) is 12.3. The van der Waals surface area contributed by atoms with Crippen LogP contribution < -0.4 is 11.1 Å². The Balaban J connectivity index is 3.42. The summed E-state index contributed by atoms with van der Waals surface area (Å²) in [6.45, 7) is 2.65. The molecule has 4 nitrogen and oxygen atoms in total. The molecule has 0 heterocycles. The zero-order valence-electron chi connectivity index (χ0n) is 9.13. The maximum atomic E-state index is 13.5. The quantitative estimate of drug-likeness (QED) is 0.763. The zero-order valence-corrected chi connectivity index (χ0v) is 9.13. The largest absolute Gasteiger partial charge is 0.326 e. The third-order valence-corrected chi connectivity index (χ3v) is 2.11. The number of benzene rings is 1. The lowest BCUT2D eigenvalue weighted by Crippen LogP contribution is -2.15. The van der Waals surface area contributed by atoms with Gasteiger partial charge in [0, 0.05) is 13.5 Å². The van der Waals surface area contributed by atoms with Gasteiger partial charge in [-0.25, -0.2) is 4.39 Å². The minimum absolute atomic E-state index is 0.121. The molecule has 0 aliphatic carbocycles. The van der Waals surface area contributed by atoms with Crippen LogP contribution in [0.4, 0.5) is 10.1 Å². The summed E-state index contributed by atoms with van der Waals surface area (Å²) in [5.74, 6) is -1.48. The number of nitrogens with one attached hydrogen (secondary N) is 1. The van der Waals surface area contributed by atoms with E-state index in [-0.39, 0.29) is 23.7 Å². The van der Waals surface area contributed by atoms with Crippen molar-refractivity contribution in [3.05, 3.63) is 29.1 Å². The average molecular weight is 224 g/mol. The van der Waals surface area contributed by atoms with Gasteiger partial charge in [0.1, 0.15) is 5.82 Å². The molecule has 0 fully saturated rings. The number of halogens is 1. The lowest BCUT2D eigenvalue weighted by atomic mass is 10.0. The van der Waals surface area contributed by atoms with Gasteiger partial charge in [-0.05, 0) is 18.6 Å². The van der Waals surface area contributed by atoms with Crippen LogP contribution >= 0.6 is 0 Å². The van der Waals surface area contributed by atoms with Crippen LogP contribution in [0.5, 0.6) is 0 Å². The van der Waals surface area contributed by atoms with E-state index in [0.717, 1.165) is 0 Å². The molecule has 0 saturated carbocycles. The predicted octanol–water partition coefficient (Wildman–Crippen LogP) is 1.45. The van der Waals surface area contributed by atoms with E-state index in [1.54, 1.807) is 0 Å². The molecule has 0 atom stereocenters. The highest BCUT2D eigenvalue weighted by Crippen LogP contribution is 2.24. The molecule has 5 heteroatoms. The molecule has 0 spiro atoms. The van der Waals surface area contributed by atoms with E-state index in [2.05, 4.69) is 5.32 Å². The van der Waals surface area contributed by atoms with Crippen molar-refractivity contribution in [1.29, 1.82) is 0 Å². The highest BCUT2D eigenvalue weighted by molar-refractivity contribution is 6.04. The number of hydrogen-bond donors (Lipinski definition) is 2. The van der Waals surface area contributed by atoms with Gasteiger partial charge in [0.15, 0.2) is 5.78 Å². The number of amides is 1. The van der Waals surface area contributed by atoms with Crippen molar-refractivity contribution in [3.8, 4) is 0 Å². The summed E-state index contributed by atoms with van der Waals surface area (Å²) >= 11 is 0. The van der Waals surface area contributed by atoms with E-state index in [9.17, 15) is 14.0 Å². The van der Waals surface area contributed by atoms with Crippen LogP contribution in [0.3, 0.4) is 0 Å². The van der Waals surface area contributed by atoms with Crippen molar-refractivity contribution in [1.82, 2.24) is 0 Å². The second-order valence-electron chi connectivity index (χ2n) is 3.40. The second-order valence-corrected chi connectivity index (χ2v) is 3.40. The molecule has 0 aliphatic heterocycles. The molecule has 0 unspecified atom stereocenters. The first-order chi connectivity index (χ1) is 7.47. The highest BCUT2D eigenvalue weighted by atomic mass is 19.1. The van der Waals surface area contributed by atoms with Crippen LogP contribution in [-0.2, 0) is 11.3 Å². The summed E-state index contributed by atoms with van der Waals surface area (Å²) in [7, 11) is 0. The van der Waals surface area contributed by atoms with E-state index in [1.807, 2.05) is 0 Å². The third-order valence-electron chi connectivity index (χ3n) is 2.11. The molecule has 0 aliphatic rings. The molecule has 1 amide bonds. The van der Waals surface area contributed by atoms with Crippen LogP contribution in [0.25, 0.3) is 0 Å². The fraction of sp³-hybridized carbons (Fsp3) is 0.273. The van der Waals surface area contributed by atoms with Crippen molar-refractivity contribution in [3.63, 3.8) is 0 Å². The van der Waals surface area contributed by atoms with E-state index in [0.29, 0.717) is 5.56 Å². The van der Waals surface area contributed by atoms with Crippen molar-refractivity contribution >= 4 is 17.4 Å². The standard InChI is InChI=1S/C11H13FN2O2/c1-6(15)10-9(12)4-3-8(5-13)11(10)14-7(2)16/h3-4H,5,13H2,1-2H3,(H,14,16). The summed E-state index contributed by atoms with van der Waals surface area (Å²) in [5.41, 5.74) is 6.03. The van der Waals surface area contributed by atoms with Gasteiger partial charge in [-0.1, -0.05) is 6.07 Å². The van der Waals surface area contributed by atoms with Crippen molar-refractivity contribution in [2.45, 2.75) is 20.4 Å². The average Bonchev–Trinajstić information content (AvgIpc) is 2.16. The number of carbonyl (C=O) groups excluding carboxylic acids is 2. The molecule has 0 saturated heterocycles. The second kappa shape index (κ2) is 4.85. The van der Waals surface area contributed by atoms with Crippen molar-refractivity contribution < 1.29 is 14.0 Å². The van der Waals surface area contributed by atoms with Crippen LogP contribution in [0.1, 0.15) is 29.8 Å². The van der Waals surface area contributed by atoms with Gasteiger partial charge in [0.05, 0.1) is 11.3 Å². The Bertz CT molecular complexity index is 444. The number of nitrogens with two attached hydrogens (primary N) is 1. The Morgan fingerprint density at radius 2 is 2.00 bits per heavy atom. The van der Waals surface area contributed by atoms with Gasteiger partial charge >= 0.3 is 0 Å². The fourth-order valence-corrected chi connectivity index (χ4v) is 1.45. The summed E-state index contributed by atoms with van der Waals surface area (Å²) in [4.78, 5) is 22.3. The van der Waals surface area contributed by atoms with Gasteiger partial charge in [0.25, 0.3) is 0 Å². The van der Waals surface area contributed by atoms with Gasteiger partial charge in [-0.2, -0.15) is 0 Å². The number of carbonyl (C=O) groups is 2. The van der Waals surface area contributed by atoms with E-state index >= 15 is 0 Å². The first-order valence-electron chi connectivity index (χ1n) is 4.77. The lowest BCUT2D eigenvalue weighted by Gasteiger charge is -2.13. The molecule has 0 bridgehead atoms. The van der Waals surface area contributed by atoms with Crippen LogP contribution in [-0.4, -0.2) is 11.7 Å². The van der Waals surface area contributed by atoms with Crippen LogP contribution in [0, 0.1) is 5.82 Å². The van der Waals surface area contributed by atoms with E-state index in [4.69, 9.17) is 5.73 Å². The van der Waals surface area contributed by atoms with E-state index in [1.165, 1.54) is 26.0 Å². The topological polar surface area (TPSA) is 72.2 Å². The molecule has 1 rings (SSSR count). The summed E-state index contributed by atoms with van der Waals surface area (Å²) in [6.07, 6.45) is 0. The Kier molecular flexibility index (Phi) is 3.73. The van der Waals surface area contributed by atoms with E-state index < -0.39 is 11.6 Å². The molecule has 0 radical (unpaired) electrons. The Labute approximate surface area is 92.6 Å². The molecule has 86 valence electrons. The smallest absolute Gasteiger partial charge is 0.221 e. The maximum Gasteiger partial charge on any atom is 0.221 e. The molecule has 16 heavy (non-hydrogen) atoms.